The minimum atomic E-state index is -1.83. The Kier molecular flexibility index (Phi) is 12.0. The molecule has 1 saturated heterocycles. The van der Waals surface area contributed by atoms with Crippen molar-refractivity contribution in [2.24, 2.45) is 11.8 Å². The summed E-state index contributed by atoms with van der Waals surface area (Å²) in [7, 11) is 0. The smallest absolute Gasteiger partial charge is 0.197 e. The number of benzene rings is 6. The number of aliphatic hydroxyl groups excluding tert-OH is 4. The highest BCUT2D eigenvalue weighted by atomic mass is 16.5. The van der Waals surface area contributed by atoms with Crippen molar-refractivity contribution in [1.82, 2.24) is 0 Å². The Morgan fingerprint density at radius 1 is 0.583 bits per heavy atom. The molecule has 11 atom stereocenters. The molecule has 3 aliphatic rings. The van der Waals surface area contributed by atoms with Gasteiger partial charge in [-0.1, -0.05) is 30.4 Å². The molecule has 18 heteroatoms. The molecule has 1 aromatic heterocycles. The highest BCUT2D eigenvalue weighted by Crippen LogP contribution is 2.60. The monoisotopic (exact) mass is 984 g/mol. The third-order valence-corrected chi connectivity index (χ3v) is 14.0. The molecule has 0 bridgehead atoms. The van der Waals surface area contributed by atoms with Gasteiger partial charge in [0.1, 0.15) is 63.4 Å². The Morgan fingerprint density at radius 3 is 1.82 bits per heavy atom. The Morgan fingerprint density at radius 2 is 1.19 bits per heavy atom. The van der Waals surface area contributed by atoms with Gasteiger partial charge in [0.2, 0.25) is 0 Å². The van der Waals surface area contributed by atoms with E-state index in [-0.39, 0.29) is 45.3 Å². The molecular formula is C54H48O18. The maximum absolute atomic E-state index is 14.2. The molecule has 0 amide bonds. The second kappa shape index (κ2) is 18.2. The van der Waals surface area contributed by atoms with Crippen LogP contribution in [0.25, 0.3) is 28.4 Å². The van der Waals surface area contributed by atoms with Crippen molar-refractivity contribution in [3.05, 3.63) is 147 Å². The molecule has 18 nitrogen and oxygen atoms in total. The van der Waals surface area contributed by atoms with E-state index in [2.05, 4.69) is 0 Å². The fourth-order valence-corrected chi connectivity index (χ4v) is 10.9. The summed E-state index contributed by atoms with van der Waals surface area (Å²) in [5.41, 5.74) is -0.357. The van der Waals surface area contributed by atoms with Gasteiger partial charge in [0.15, 0.2) is 46.0 Å². The number of aromatic hydroxyl groups is 9. The maximum atomic E-state index is 14.2. The van der Waals surface area contributed by atoms with Gasteiger partial charge >= 0.3 is 0 Å². The lowest BCUT2D eigenvalue weighted by atomic mass is 9.59. The van der Waals surface area contributed by atoms with Crippen LogP contribution in [0.3, 0.4) is 0 Å². The van der Waals surface area contributed by atoms with Crippen LogP contribution in [0.2, 0.25) is 0 Å². The van der Waals surface area contributed by atoms with Crippen molar-refractivity contribution in [1.29, 1.82) is 0 Å². The van der Waals surface area contributed by atoms with E-state index in [0.717, 1.165) is 54.1 Å². The molecule has 6 aromatic carbocycles. The Balaban J connectivity index is 1.13. The summed E-state index contributed by atoms with van der Waals surface area (Å²) < 4.78 is 25.3. The van der Waals surface area contributed by atoms with Crippen molar-refractivity contribution in [2.45, 2.75) is 67.9 Å². The van der Waals surface area contributed by atoms with Crippen molar-refractivity contribution in [3.8, 4) is 80.3 Å². The van der Waals surface area contributed by atoms with Crippen LogP contribution in [0.4, 0.5) is 0 Å². The highest BCUT2D eigenvalue weighted by molar-refractivity contribution is 5.90. The average Bonchev–Trinajstić information content (AvgIpc) is 3.32. The lowest BCUT2D eigenvalue weighted by molar-refractivity contribution is -0.239. The standard InChI is InChI=1S/C54H48O18/c1-2-3-22-4-13-39(32(60)14-22)69-27-9-5-23(6-10-27)40-21-38(66)42-34(62)19-35(63)45(53(42)70-40)48-46-37(65)20-36(64)44(54(46)72-52(50(48)68)25-8-12-29(57)31(59)16-25)47-43-33(61)17-26(55)18-41(43)71-51(49(47)67)24-7-11-28(56)30(58)15-24/h2-19,21,36-37,44,46-52,54-65,67-68H,20H2,1H3/b3-2+. The number of phenols is 9. The molecule has 0 spiro atoms. The first-order valence-corrected chi connectivity index (χ1v) is 22.8. The fourth-order valence-electron chi connectivity index (χ4n) is 10.9. The van der Waals surface area contributed by atoms with Crippen LogP contribution in [0.5, 0.6) is 69.0 Å². The summed E-state index contributed by atoms with van der Waals surface area (Å²) in [4.78, 5) is 14.2. The van der Waals surface area contributed by atoms with Gasteiger partial charge in [-0.05, 0) is 84.3 Å². The number of aliphatic hydroxyl groups is 4. The van der Waals surface area contributed by atoms with E-state index in [0.29, 0.717) is 11.3 Å². The van der Waals surface area contributed by atoms with Crippen LogP contribution in [0.1, 0.15) is 65.2 Å². The predicted octanol–water partition coefficient (Wildman–Crippen LogP) is 6.86. The van der Waals surface area contributed by atoms with Crippen molar-refractivity contribution in [3.63, 3.8) is 0 Å². The molecular weight excluding hydrogens is 937 g/mol. The molecule has 72 heavy (non-hydrogen) atoms. The van der Waals surface area contributed by atoms with Crippen molar-refractivity contribution >= 4 is 17.0 Å². The SMILES string of the molecule is C/C=C/c1ccc(Oc2ccc(-c3cc(=O)c4c(O)cc(O)c(C5C(O)C(c6ccc(O)c(O)c6)OC6C(C7c8c(O)cc(O)cc8OC(c8ccc(O)c(O)c8)C7O)C(O)CC(O)C65)c4o3)cc2)c(O)c1. The van der Waals surface area contributed by atoms with Gasteiger partial charge in [-0.3, -0.25) is 4.79 Å². The zero-order valence-corrected chi connectivity index (χ0v) is 37.9. The van der Waals surface area contributed by atoms with Crippen LogP contribution in [0.15, 0.2) is 118 Å². The van der Waals surface area contributed by atoms with Crippen LogP contribution in [-0.4, -0.2) is 96.9 Å². The first kappa shape index (κ1) is 47.5. The largest absolute Gasteiger partial charge is 0.508 e. The minimum absolute atomic E-state index is 0.0433. The van der Waals surface area contributed by atoms with Crippen LogP contribution < -0.4 is 14.9 Å². The highest BCUT2D eigenvalue weighted by Gasteiger charge is 2.60. The number of ether oxygens (including phenoxy) is 3. The molecule has 2 fully saturated rings. The van der Waals surface area contributed by atoms with Gasteiger partial charge in [-0.2, -0.15) is 0 Å². The van der Waals surface area contributed by atoms with Crippen molar-refractivity contribution < 1.29 is 85.0 Å². The summed E-state index contributed by atoms with van der Waals surface area (Å²) in [5, 5.41) is 147. The van der Waals surface area contributed by atoms with Gasteiger partial charge in [-0.15, -0.1) is 0 Å². The fraction of sp³-hybridized carbons (Fsp3) is 0.241. The molecule has 3 heterocycles. The van der Waals surface area contributed by atoms with Crippen LogP contribution in [-0.2, 0) is 4.74 Å². The number of fused-ring (bicyclic) bond motifs is 3. The Labute approximate surface area is 408 Å². The van der Waals surface area contributed by atoms with Gasteiger partial charge in [-0.25, -0.2) is 0 Å². The molecule has 372 valence electrons. The first-order chi connectivity index (χ1) is 34.4. The summed E-state index contributed by atoms with van der Waals surface area (Å²) in [5.74, 6) is -10.3. The summed E-state index contributed by atoms with van der Waals surface area (Å²) in [6.07, 6.45) is -8.12. The Hall–Kier alpha value is -8.13. The third-order valence-electron chi connectivity index (χ3n) is 14.0. The number of phenolic OH excluding ortho intramolecular Hbond substituents is 9. The third kappa shape index (κ3) is 8.13. The lowest BCUT2D eigenvalue weighted by Crippen LogP contribution is -2.61. The average molecular weight is 985 g/mol. The van der Waals surface area contributed by atoms with E-state index in [1.807, 2.05) is 13.0 Å². The van der Waals surface area contributed by atoms with Crippen LogP contribution in [0, 0.1) is 11.8 Å². The van der Waals surface area contributed by atoms with Gasteiger partial charge in [0, 0.05) is 71.0 Å². The molecule has 2 aliphatic heterocycles. The molecule has 1 aliphatic carbocycles. The zero-order chi connectivity index (χ0) is 51.0. The van der Waals surface area contributed by atoms with Gasteiger partial charge in [0.25, 0.3) is 0 Å². The summed E-state index contributed by atoms with van der Waals surface area (Å²) in [6.45, 7) is 1.84. The van der Waals surface area contributed by atoms with E-state index in [1.54, 1.807) is 42.5 Å². The number of rotatable bonds is 8. The zero-order valence-electron chi connectivity index (χ0n) is 37.9. The van der Waals surface area contributed by atoms with E-state index < -0.39 is 135 Å². The van der Waals surface area contributed by atoms with Gasteiger partial charge in [0.05, 0.1) is 24.4 Å². The Bertz CT molecular complexity index is 3330. The number of allylic oxidation sites excluding steroid dienone is 1. The second-order valence-electron chi connectivity index (χ2n) is 18.4. The normalized spacial score (nSPS) is 25.9. The molecule has 1 saturated carbocycles. The quantitative estimate of drug-likeness (QED) is 0.0692. The number of hydrogen-bond acceptors (Lipinski definition) is 18. The lowest BCUT2D eigenvalue weighted by Gasteiger charge is -2.56. The van der Waals surface area contributed by atoms with E-state index in [4.69, 9.17) is 18.6 Å². The summed E-state index contributed by atoms with van der Waals surface area (Å²) >= 11 is 0. The van der Waals surface area contributed by atoms with Gasteiger partial charge < -0.3 is 85.0 Å². The molecule has 7 aromatic rings. The second-order valence-corrected chi connectivity index (χ2v) is 18.4. The van der Waals surface area contributed by atoms with Crippen molar-refractivity contribution in [2.75, 3.05) is 0 Å². The number of hydrogen-bond donors (Lipinski definition) is 13. The minimum Gasteiger partial charge on any atom is -0.508 e. The molecule has 10 rings (SSSR count). The first-order valence-electron chi connectivity index (χ1n) is 22.8. The van der Waals surface area contributed by atoms with E-state index in [9.17, 15) is 71.2 Å². The maximum Gasteiger partial charge on any atom is 0.197 e. The summed E-state index contributed by atoms with van der Waals surface area (Å²) in [6, 6.07) is 22.4. The topological polar surface area (TPSA) is 321 Å². The molecule has 11 unspecified atom stereocenters. The molecule has 13 N–H and O–H groups in total. The predicted molar refractivity (Wildman–Crippen MR) is 256 cm³/mol. The van der Waals surface area contributed by atoms with E-state index >= 15 is 0 Å². The van der Waals surface area contributed by atoms with Crippen LogP contribution >= 0.6 is 0 Å². The molecule has 0 radical (unpaired) electrons. The van der Waals surface area contributed by atoms with E-state index in [1.165, 1.54) is 18.2 Å².